The normalized spacial score (nSPS) is 14.5. The van der Waals surface area contributed by atoms with E-state index in [1.54, 1.807) is 36.1 Å². The van der Waals surface area contributed by atoms with Crippen LogP contribution in [-0.4, -0.2) is 58.6 Å². The number of nitrogens with zero attached hydrogens (tertiary/aromatic N) is 2. The molecular weight excluding hydrogens is 430 g/mol. The second-order valence-corrected chi connectivity index (χ2v) is 8.73. The van der Waals surface area contributed by atoms with Gasteiger partial charge in [0.05, 0.1) is 11.1 Å². The lowest BCUT2D eigenvalue weighted by atomic mass is 10.1. The van der Waals surface area contributed by atoms with Crippen LogP contribution in [0.5, 0.6) is 0 Å². The topological polar surface area (TPSA) is 86.8 Å². The molecule has 0 unspecified atom stereocenters. The highest BCUT2D eigenvalue weighted by Gasteiger charge is 2.35. The number of nitrogens with one attached hydrogen (secondary N) is 1. The molecule has 0 fully saturated rings. The van der Waals surface area contributed by atoms with Crippen LogP contribution in [-0.2, 0) is 16.0 Å². The number of carbonyl (C=O) groups is 4. The molecule has 0 saturated heterocycles. The molecule has 0 bridgehead atoms. The van der Waals surface area contributed by atoms with Crippen LogP contribution in [0.15, 0.2) is 54.6 Å². The highest BCUT2D eigenvalue weighted by Crippen LogP contribution is 2.22. The molecule has 0 saturated carbocycles. The zero-order valence-electron chi connectivity index (χ0n) is 20.1. The van der Waals surface area contributed by atoms with Crippen molar-refractivity contribution in [2.24, 2.45) is 0 Å². The van der Waals surface area contributed by atoms with Gasteiger partial charge in [-0.3, -0.25) is 24.1 Å². The van der Waals surface area contributed by atoms with Gasteiger partial charge in [0, 0.05) is 25.6 Å². The molecule has 1 aliphatic heterocycles. The van der Waals surface area contributed by atoms with Gasteiger partial charge in [-0.1, -0.05) is 49.4 Å². The molecule has 1 heterocycles. The summed E-state index contributed by atoms with van der Waals surface area (Å²) in [7, 11) is 0. The summed E-state index contributed by atoms with van der Waals surface area (Å²) in [6.45, 7) is 6.24. The van der Waals surface area contributed by atoms with Gasteiger partial charge in [-0.25, -0.2) is 0 Å². The zero-order valence-corrected chi connectivity index (χ0v) is 20.1. The Labute approximate surface area is 201 Å². The largest absolute Gasteiger partial charge is 0.352 e. The second kappa shape index (κ2) is 11.6. The minimum Gasteiger partial charge on any atom is -0.352 e. The molecule has 7 heteroatoms. The van der Waals surface area contributed by atoms with Crippen molar-refractivity contribution >= 4 is 23.6 Å². The summed E-state index contributed by atoms with van der Waals surface area (Å²) in [5, 5.41) is 2.96. The molecule has 0 aromatic heterocycles. The Hall–Kier alpha value is -3.48. The number of amides is 4. The van der Waals surface area contributed by atoms with Crippen LogP contribution in [0.25, 0.3) is 0 Å². The lowest BCUT2D eigenvalue weighted by Crippen LogP contribution is -2.50. The van der Waals surface area contributed by atoms with Crippen molar-refractivity contribution in [3.8, 4) is 0 Å². The molecule has 0 spiro atoms. The van der Waals surface area contributed by atoms with Crippen LogP contribution >= 0.6 is 0 Å². The van der Waals surface area contributed by atoms with Gasteiger partial charge < -0.3 is 10.2 Å². The number of benzene rings is 2. The fourth-order valence-corrected chi connectivity index (χ4v) is 4.01. The minimum absolute atomic E-state index is 0.0230. The first-order chi connectivity index (χ1) is 16.3. The first-order valence-corrected chi connectivity index (χ1v) is 11.9. The molecule has 1 N–H and O–H groups in total. The molecule has 0 radical (unpaired) electrons. The minimum atomic E-state index is -0.621. The third-order valence-electron chi connectivity index (χ3n) is 6.30. The van der Waals surface area contributed by atoms with Gasteiger partial charge in [-0.05, 0) is 50.8 Å². The van der Waals surface area contributed by atoms with Crippen LogP contribution < -0.4 is 5.32 Å². The average Bonchev–Trinajstić information content (AvgIpc) is 3.09. The van der Waals surface area contributed by atoms with Crippen LogP contribution in [0.3, 0.4) is 0 Å². The van der Waals surface area contributed by atoms with E-state index in [0.717, 1.165) is 12.0 Å². The lowest BCUT2D eigenvalue weighted by molar-refractivity contribution is -0.140. The molecule has 2 aromatic rings. The molecule has 7 nitrogen and oxygen atoms in total. The number of fused-ring (bicyclic) bond motifs is 1. The molecule has 2 aromatic carbocycles. The first-order valence-electron chi connectivity index (χ1n) is 11.9. The third kappa shape index (κ3) is 5.90. The van der Waals surface area contributed by atoms with E-state index in [9.17, 15) is 19.2 Å². The van der Waals surface area contributed by atoms with Gasteiger partial charge in [0.15, 0.2) is 0 Å². The van der Waals surface area contributed by atoms with Crippen molar-refractivity contribution in [3.63, 3.8) is 0 Å². The molecule has 180 valence electrons. The highest BCUT2D eigenvalue weighted by atomic mass is 16.2. The van der Waals surface area contributed by atoms with E-state index in [1.165, 1.54) is 4.90 Å². The zero-order chi connectivity index (χ0) is 24.7. The van der Waals surface area contributed by atoms with Gasteiger partial charge in [0.25, 0.3) is 11.8 Å². The highest BCUT2D eigenvalue weighted by molar-refractivity contribution is 6.21. The lowest BCUT2D eigenvalue weighted by Gasteiger charge is -2.30. The quantitative estimate of drug-likeness (QED) is 0.517. The van der Waals surface area contributed by atoms with Crippen LogP contribution in [0.2, 0.25) is 0 Å². The Bertz CT molecular complexity index is 1000. The summed E-state index contributed by atoms with van der Waals surface area (Å²) < 4.78 is 0. The predicted octanol–water partition coefficient (Wildman–Crippen LogP) is 3.44. The molecule has 4 amide bonds. The van der Waals surface area contributed by atoms with Crippen LogP contribution in [0.1, 0.15) is 66.3 Å². The van der Waals surface area contributed by atoms with Gasteiger partial charge in [0.2, 0.25) is 11.8 Å². The summed E-state index contributed by atoms with van der Waals surface area (Å²) in [4.78, 5) is 53.9. The van der Waals surface area contributed by atoms with Gasteiger partial charge in [0.1, 0.15) is 6.04 Å². The summed E-state index contributed by atoms with van der Waals surface area (Å²) in [5.74, 6) is -0.999. The average molecular weight is 464 g/mol. The van der Waals surface area contributed by atoms with Crippen molar-refractivity contribution in [3.05, 3.63) is 71.3 Å². The summed E-state index contributed by atoms with van der Waals surface area (Å²) >= 11 is 0. The van der Waals surface area contributed by atoms with Crippen molar-refractivity contribution < 1.29 is 19.2 Å². The van der Waals surface area contributed by atoms with E-state index in [2.05, 4.69) is 5.32 Å². The number of hydrogen-bond acceptors (Lipinski definition) is 4. The fourth-order valence-electron chi connectivity index (χ4n) is 4.01. The maximum atomic E-state index is 13.2. The first kappa shape index (κ1) is 25.1. The molecule has 2 atom stereocenters. The Balaban J connectivity index is 1.62. The number of imide groups is 1. The van der Waals surface area contributed by atoms with Gasteiger partial charge >= 0.3 is 0 Å². The van der Waals surface area contributed by atoms with E-state index in [1.807, 2.05) is 44.2 Å². The summed E-state index contributed by atoms with van der Waals surface area (Å²) in [6, 6.07) is 16.0. The van der Waals surface area contributed by atoms with Crippen molar-refractivity contribution in [1.82, 2.24) is 15.1 Å². The molecule has 0 aliphatic carbocycles. The summed E-state index contributed by atoms with van der Waals surface area (Å²) in [6.07, 6.45) is 1.91. The molecule has 34 heavy (non-hydrogen) atoms. The molecule has 1 aliphatic rings. The van der Waals surface area contributed by atoms with Crippen molar-refractivity contribution in [2.75, 3.05) is 13.1 Å². The fraction of sp³-hybridized carbons (Fsp3) is 0.407. The van der Waals surface area contributed by atoms with E-state index in [0.29, 0.717) is 30.5 Å². The predicted molar refractivity (Wildman–Crippen MR) is 130 cm³/mol. The maximum Gasteiger partial charge on any atom is 0.261 e. The summed E-state index contributed by atoms with van der Waals surface area (Å²) in [5.41, 5.74) is 1.89. The Morgan fingerprint density at radius 3 is 2.12 bits per heavy atom. The Morgan fingerprint density at radius 2 is 1.53 bits per heavy atom. The van der Waals surface area contributed by atoms with Crippen LogP contribution in [0.4, 0.5) is 0 Å². The van der Waals surface area contributed by atoms with E-state index in [4.69, 9.17) is 0 Å². The monoisotopic (exact) mass is 463 g/mol. The van der Waals surface area contributed by atoms with Gasteiger partial charge in [-0.2, -0.15) is 0 Å². The van der Waals surface area contributed by atoms with Crippen molar-refractivity contribution in [2.45, 2.75) is 58.5 Å². The Kier molecular flexibility index (Phi) is 8.57. The van der Waals surface area contributed by atoms with Crippen molar-refractivity contribution in [1.29, 1.82) is 0 Å². The smallest absolute Gasteiger partial charge is 0.261 e. The van der Waals surface area contributed by atoms with Gasteiger partial charge in [-0.15, -0.1) is 0 Å². The molecular formula is C27H33N3O4. The number of rotatable bonds is 11. The number of hydrogen-bond donors (Lipinski definition) is 1. The van der Waals surface area contributed by atoms with Crippen LogP contribution in [0, 0.1) is 0 Å². The second-order valence-electron chi connectivity index (χ2n) is 8.73. The SMILES string of the molecule is CC[C@H](C)NC(=O)[C@H](C)N(CCc1ccccc1)C(=O)CCCN1C(=O)c2ccccc2C1=O. The van der Waals surface area contributed by atoms with E-state index < -0.39 is 6.04 Å². The maximum absolute atomic E-state index is 13.2. The third-order valence-corrected chi connectivity index (χ3v) is 6.30. The molecule has 3 rings (SSSR count). The van der Waals surface area contributed by atoms with E-state index in [-0.39, 0.29) is 42.6 Å². The van der Waals surface area contributed by atoms with E-state index >= 15 is 0 Å². The standard InChI is InChI=1S/C27H33N3O4/c1-4-19(2)28-25(32)20(3)29(18-16-21-11-6-5-7-12-21)24(31)15-10-17-30-26(33)22-13-8-9-14-23(22)27(30)34/h5-9,11-14,19-20H,4,10,15-18H2,1-3H3,(H,28,32)/t19-,20-/m0/s1. The Morgan fingerprint density at radius 1 is 0.941 bits per heavy atom. The number of carbonyl (C=O) groups excluding carboxylic acids is 4.